The van der Waals surface area contributed by atoms with Gasteiger partial charge in [0.15, 0.2) is 0 Å². The van der Waals surface area contributed by atoms with Gasteiger partial charge in [-0.1, -0.05) is 44.0 Å². The molecule has 0 spiro atoms. The molecule has 1 saturated carbocycles. The molecule has 0 N–H and O–H groups in total. The van der Waals surface area contributed by atoms with Crippen molar-refractivity contribution in [2.24, 2.45) is 10.8 Å². The van der Waals surface area contributed by atoms with Crippen molar-refractivity contribution in [2.45, 2.75) is 59.0 Å². The summed E-state index contributed by atoms with van der Waals surface area (Å²) >= 11 is 5.84. The van der Waals surface area contributed by atoms with Crippen molar-refractivity contribution in [3.05, 3.63) is 50.5 Å². The molecule has 3 rings (SSSR count). The summed E-state index contributed by atoms with van der Waals surface area (Å²) in [4.78, 5) is 23.2. The monoisotopic (exact) mass is 377 g/mol. The summed E-state index contributed by atoms with van der Waals surface area (Å²) in [5, 5.41) is 11.1. The van der Waals surface area contributed by atoms with Gasteiger partial charge < -0.3 is 4.74 Å². The van der Waals surface area contributed by atoms with Crippen molar-refractivity contribution < 1.29 is 14.5 Å². The number of esters is 1. The molecule has 0 heterocycles. The van der Waals surface area contributed by atoms with Crippen LogP contribution < -0.4 is 0 Å². The lowest BCUT2D eigenvalue weighted by Crippen LogP contribution is -2.46. The number of hydrogen-bond acceptors (Lipinski definition) is 4. The second-order valence-corrected chi connectivity index (χ2v) is 8.81. The van der Waals surface area contributed by atoms with E-state index in [1.807, 2.05) is 0 Å². The number of benzene rings is 1. The number of rotatable bonds is 3. The zero-order valence-electron chi connectivity index (χ0n) is 15.4. The van der Waals surface area contributed by atoms with Crippen molar-refractivity contribution >= 4 is 23.3 Å². The van der Waals surface area contributed by atoms with Gasteiger partial charge in [0.1, 0.15) is 11.1 Å². The molecule has 1 aromatic rings. The SMILES string of the molecule is CC1(C)CC2=CCCC[C@]2(C)[C@@H](OC(=O)c2ccc(Cl)c([N+](=O)[O-])c2)C1. The molecule has 5 nitrogen and oxygen atoms in total. The van der Waals surface area contributed by atoms with E-state index in [1.165, 1.54) is 23.8 Å². The number of nitro benzene ring substituents is 1. The van der Waals surface area contributed by atoms with Crippen LogP contribution in [0.5, 0.6) is 0 Å². The van der Waals surface area contributed by atoms with Crippen LogP contribution in [0.2, 0.25) is 5.02 Å². The maximum Gasteiger partial charge on any atom is 0.338 e. The third-order valence-corrected chi connectivity index (χ3v) is 6.09. The third kappa shape index (κ3) is 3.50. The van der Waals surface area contributed by atoms with E-state index < -0.39 is 10.9 Å². The van der Waals surface area contributed by atoms with Crippen LogP contribution in [-0.2, 0) is 4.74 Å². The molecule has 0 aliphatic heterocycles. The number of carbonyl (C=O) groups excluding carboxylic acids is 1. The van der Waals surface area contributed by atoms with Crippen molar-refractivity contribution in [2.75, 3.05) is 0 Å². The van der Waals surface area contributed by atoms with Gasteiger partial charge in [0.25, 0.3) is 5.69 Å². The number of halogens is 1. The summed E-state index contributed by atoms with van der Waals surface area (Å²) in [5.41, 5.74) is 1.16. The fourth-order valence-corrected chi connectivity index (χ4v) is 4.43. The van der Waals surface area contributed by atoms with Crippen LogP contribution in [0.15, 0.2) is 29.8 Å². The van der Waals surface area contributed by atoms with Crippen LogP contribution in [0.4, 0.5) is 5.69 Å². The largest absolute Gasteiger partial charge is 0.458 e. The average molecular weight is 378 g/mol. The first-order valence-electron chi connectivity index (χ1n) is 8.97. The maximum atomic E-state index is 12.7. The van der Waals surface area contributed by atoms with Gasteiger partial charge in [0, 0.05) is 11.5 Å². The highest BCUT2D eigenvalue weighted by Crippen LogP contribution is 2.54. The highest BCUT2D eigenvalue weighted by Gasteiger charge is 2.48. The highest BCUT2D eigenvalue weighted by atomic mass is 35.5. The standard InChI is InChI=1S/C20H24ClNO4/c1-19(2)11-14-6-4-5-9-20(14,3)17(12-19)26-18(23)13-7-8-15(21)16(10-13)22(24)25/h6-8,10,17H,4-5,9,11-12H2,1-3H3/t17-,20-/m0/s1. The van der Waals surface area contributed by atoms with Crippen LogP contribution in [0.25, 0.3) is 0 Å². The number of ether oxygens (including phenoxy) is 1. The second kappa shape index (κ2) is 6.69. The summed E-state index contributed by atoms with van der Waals surface area (Å²) in [6.45, 7) is 6.56. The summed E-state index contributed by atoms with van der Waals surface area (Å²) in [5.74, 6) is -0.529. The van der Waals surface area contributed by atoms with Crippen LogP contribution in [-0.4, -0.2) is 17.0 Å². The molecule has 0 saturated heterocycles. The van der Waals surface area contributed by atoms with E-state index >= 15 is 0 Å². The van der Waals surface area contributed by atoms with Gasteiger partial charge in [-0.2, -0.15) is 0 Å². The lowest BCUT2D eigenvalue weighted by atomic mass is 9.58. The number of nitrogens with zero attached hydrogens (tertiary/aromatic N) is 1. The van der Waals surface area contributed by atoms with Gasteiger partial charge in [-0.15, -0.1) is 0 Å². The Hall–Kier alpha value is -1.88. The summed E-state index contributed by atoms with van der Waals surface area (Å²) in [6, 6.07) is 4.04. The quantitative estimate of drug-likeness (QED) is 0.293. The maximum absolute atomic E-state index is 12.7. The average Bonchev–Trinajstić information content (AvgIpc) is 2.55. The van der Waals surface area contributed by atoms with E-state index in [2.05, 4.69) is 26.8 Å². The molecule has 2 aliphatic rings. The number of carbonyl (C=O) groups is 1. The van der Waals surface area contributed by atoms with Gasteiger partial charge in [-0.3, -0.25) is 10.1 Å². The second-order valence-electron chi connectivity index (χ2n) is 8.40. The van der Waals surface area contributed by atoms with Crippen LogP contribution in [0, 0.1) is 20.9 Å². The Bertz CT molecular complexity index is 786. The highest BCUT2D eigenvalue weighted by molar-refractivity contribution is 6.32. The minimum absolute atomic E-state index is 0.00908. The molecule has 0 unspecified atom stereocenters. The van der Waals surface area contributed by atoms with Gasteiger partial charge in [0.2, 0.25) is 0 Å². The first kappa shape index (κ1) is 18.9. The smallest absolute Gasteiger partial charge is 0.338 e. The Kier molecular flexibility index (Phi) is 4.86. The first-order chi connectivity index (χ1) is 12.1. The van der Waals surface area contributed by atoms with Crippen molar-refractivity contribution in [3.63, 3.8) is 0 Å². The van der Waals surface area contributed by atoms with Crippen molar-refractivity contribution in [1.29, 1.82) is 0 Å². The molecule has 1 fully saturated rings. The van der Waals surface area contributed by atoms with Crippen molar-refractivity contribution in [1.82, 2.24) is 0 Å². The number of fused-ring (bicyclic) bond motifs is 1. The van der Waals surface area contributed by atoms with Crippen LogP contribution in [0.1, 0.15) is 63.2 Å². The van der Waals surface area contributed by atoms with Gasteiger partial charge in [0.05, 0.1) is 10.5 Å². The topological polar surface area (TPSA) is 69.4 Å². The number of allylic oxidation sites excluding steroid dienone is 1. The summed E-state index contributed by atoms with van der Waals surface area (Å²) < 4.78 is 5.91. The molecular weight excluding hydrogens is 354 g/mol. The number of hydrogen-bond donors (Lipinski definition) is 0. The molecule has 0 amide bonds. The zero-order valence-corrected chi connectivity index (χ0v) is 16.1. The lowest BCUT2D eigenvalue weighted by molar-refractivity contribution is -0.384. The molecule has 2 atom stereocenters. The Morgan fingerprint density at radius 1 is 1.35 bits per heavy atom. The fraction of sp³-hybridized carbons (Fsp3) is 0.550. The van der Waals surface area contributed by atoms with Gasteiger partial charge >= 0.3 is 5.97 Å². The van der Waals surface area contributed by atoms with Crippen LogP contribution in [0.3, 0.4) is 0 Å². The molecule has 6 heteroatoms. The predicted octanol–water partition coefficient (Wildman–Crippen LogP) is 5.71. The van der Waals surface area contributed by atoms with E-state index in [9.17, 15) is 14.9 Å². The van der Waals surface area contributed by atoms with Crippen LogP contribution >= 0.6 is 11.6 Å². The van der Waals surface area contributed by atoms with Gasteiger partial charge in [-0.05, 0) is 49.7 Å². The molecule has 0 radical (unpaired) electrons. The fourth-order valence-electron chi connectivity index (χ4n) is 4.24. The molecule has 26 heavy (non-hydrogen) atoms. The normalized spacial score (nSPS) is 27.2. The number of nitro groups is 1. The van der Waals surface area contributed by atoms with E-state index in [-0.39, 0.29) is 33.2 Å². The van der Waals surface area contributed by atoms with E-state index in [0.717, 1.165) is 32.1 Å². The van der Waals surface area contributed by atoms with E-state index in [4.69, 9.17) is 16.3 Å². The molecule has 1 aromatic carbocycles. The Morgan fingerprint density at radius 3 is 2.77 bits per heavy atom. The Labute approximate surface area is 158 Å². The zero-order chi connectivity index (χ0) is 19.1. The molecule has 0 bridgehead atoms. The molecular formula is C20H24ClNO4. The Morgan fingerprint density at radius 2 is 2.08 bits per heavy atom. The van der Waals surface area contributed by atoms with E-state index in [1.54, 1.807) is 0 Å². The summed E-state index contributed by atoms with van der Waals surface area (Å²) in [6.07, 6.45) is 7.02. The minimum atomic E-state index is -0.591. The Balaban J connectivity index is 1.88. The first-order valence-corrected chi connectivity index (χ1v) is 9.35. The lowest BCUT2D eigenvalue weighted by Gasteiger charge is -2.50. The predicted molar refractivity (Wildman–Crippen MR) is 100 cm³/mol. The molecule has 140 valence electrons. The van der Waals surface area contributed by atoms with E-state index in [0.29, 0.717) is 0 Å². The summed E-state index contributed by atoms with van der Waals surface area (Å²) in [7, 11) is 0. The van der Waals surface area contributed by atoms with Crippen molar-refractivity contribution in [3.8, 4) is 0 Å². The molecule has 2 aliphatic carbocycles. The minimum Gasteiger partial charge on any atom is -0.458 e. The molecule has 0 aromatic heterocycles. The van der Waals surface area contributed by atoms with Gasteiger partial charge in [-0.25, -0.2) is 4.79 Å². The third-order valence-electron chi connectivity index (χ3n) is 5.77.